The van der Waals surface area contributed by atoms with Gasteiger partial charge in [0.25, 0.3) is 5.91 Å². The second-order valence-corrected chi connectivity index (χ2v) is 6.40. The molecule has 0 aliphatic carbocycles. The highest BCUT2D eigenvalue weighted by atomic mass is 16.7. The zero-order valence-electron chi connectivity index (χ0n) is 14.3. The predicted molar refractivity (Wildman–Crippen MR) is 100 cm³/mol. The molecule has 1 amide bonds. The number of carbonyl (C=O) groups is 1. The Bertz CT molecular complexity index is 1030. The first-order chi connectivity index (χ1) is 13.2. The van der Waals surface area contributed by atoms with Gasteiger partial charge in [0.2, 0.25) is 6.79 Å². The molecule has 5 rings (SSSR count). The first kappa shape index (κ1) is 15.6. The van der Waals surface area contributed by atoms with Crippen LogP contribution >= 0.6 is 0 Å². The number of hydrogen-bond acceptors (Lipinski definition) is 5. The Kier molecular flexibility index (Phi) is 3.43. The van der Waals surface area contributed by atoms with Crippen molar-refractivity contribution in [2.45, 2.75) is 6.17 Å². The van der Waals surface area contributed by atoms with Gasteiger partial charge in [0.1, 0.15) is 11.9 Å². The molecule has 3 aromatic rings. The lowest BCUT2D eigenvalue weighted by atomic mass is 10.0. The highest BCUT2D eigenvalue weighted by Gasteiger charge is 2.34. The Morgan fingerprint density at radius 2 is 1.74 bits per heavy atom. The molecule has 134 valence electrons. The van der Waals surface area contributed by atoms with Gasteiger partial charge in [-0.2, -0.15) is 0 Å². The van der Waals surface area contributed by atoms with E-state index in [2.05, 4.69) is 5.32 Å². The third-order valence-corrected chi connectivity index (χ3v) is 4.77. The molecule has 0 fully saturated rings. The number of benzene rings is 3. The molecule has 0 aromatic heterocycles. The summed E-state index contributed by atoms with van der Waals surface area (Å²) >= 11 is 0. The Hall–Kier alpha value is -3.67. The van der Waals surface area contributed by atoms with Gasteiger partial charge in [-0.05, 0) is 54.1 Å². The van der Waals surface area contributed by atoms with Crippen LogP contribution in [0.25, 0.3) is 0 Å². The number of ether oxygens (including phenoxy) is 2. The van der Waals surface area contributed by atoms with E-state index in [0.717, 1.165) is 11.3 Å². The summed E-state index contributed by atoms with van der Waals surface area (Å²) in [6.45, 7) is 0.195. The minimum Gasteiger partial charge on any atom is -0.508 e. The van der Waals surface area contributed by atoms with Crippen LogP contribution in [0.2, 0.25) is 0 Å². The summed E-state index contributed by atoms with van der Waals surface area (Å²) in [5, 5.41) is 13.1. The van der Waals surface area contributed by atoms with E-state index in [9.17, 15) is 9.90 Å². The van der Waals surface area contributed by atoms with Crippen molar-refractivity contribution in [3.05, 3.63) is 77.9 Å². The van der Waals surface area contributed by atoms with Crippen molar-refractivity contribution in [2.24, 2.45) is 0 Å². The number of aromatic hydroxyl groups is 1. The van der Waals surface area contributed by atoms with Crippen LogP contribution in [-0.4, -0.2) is 17.8 Å². The third kappa shape index (κ3) is 2.54. The summed E-state index contributed by atoms with van der Waals surface area (Å²) in [7, 11) is 0. The van der Waals surface area contributed by atoms with Crippen molar-refractivity contribution in [1.82, 2.24) is 0 Å². The molecular weight excluding hydrogens is 344 g/mol. The lowest BCUT2D eigenvalue weighted by molar-refractivity contribution is 0.0974. The van der Waals surface area contributed by atoms with Gasteiger partial charge in [0.15, 0.2) is 11.5 Å². The minimum atomic E-state index is -0.425. The average Bonchev–Trinajstić information content (AvgIpc) is 3.17. The molecule has 1 atom stereocenters. The molecule has 2 aliphatic rings. The molecule has 1 unspecified atom stereocenters. The Labute approximate surface area is 155 Å². The summed E-state index contributed by atoms with van der Waals surface area (Å²) in [6, 6.07) is 19.7. The normalized spacial score (nSPS) is 17.4. The van der Waals surface area contributed by atoms with E-state index in [4.69, 9.17) is 9.47 Å². The number of hydrogen-bond donors (Lipinski definition) is 2. The fourth-order valence-electron chi connectivity index (χ4n) is 3.45. The van der Waals surface area contributed by atoms with Crippen LogP contribution in [0.4, 0.5) is 11.4 Å². The number of carbonyl (C=O) groups excluding carboxylic acids is 1. The van der Waals surface area contributed by atoms with E-state index < -0.39 is 6.17 Å². The summed E-state index contributed by atoms with van der Waals surface area (Å²) in [4.78, 5) is 15.0. The molecule has 6 heteroatoms. The fraction of sp³-hybridized carbons (Fsp3) is 0.0952. The van der Waals surface area contributed by atoms with Crippen LogP contribution in [0.3, 0.4) is 0 Å². The summed E-state index contributed by atoms with van der Waals surface area (Å²) in [6.07, 6.45) is -0.425. The first-order valence-electron chi connectivity index (χ1n) is 8.58. The van der Waals surface area contributed by atoms with E-state index in [-0.39, 0.29) is 18.4 Å². The smallest absolute Gasteiger partial charge is 0.262 e. The van der Waals surface area contributed by atoms with Crippen molar-refractivity contribution >= 4 is 17.3 Å². The van der Waals surface area contributed by atoms with Gasteiger partial charge in [-0.15, -0.1) is 0 Å². The van der Waals surface area contributed by atoms with Crippen molar-refractivity contribution < 1.29 is 19.4 Å². The van der Waals surface area contributed by atoms with Crippen LogP contribution in [0.15, 0.2) is 66.7 Å². The van der Waals surface area contributed by atoms with Crippen LogP contribution in [0.5, 0.6) is 17.2 Å². The molecule has 0 saturated carbocycles. The number of anilines is 2. The van der Waals surface area contributed by atoms with Crippen molar-refractivity contribution in [2.75, 3.05) is 17.0 Å². The molecule has 0 spiro atoms. The summed E-state index contributed by atoms with van der Waals surface area (Å²) in [5.74, 6) is 1.39. The molecule has 27 heavy (non-hydrogen) atoms. The topological polar surface area (TPSA) is 71.0 Å². The van der Waals surface area contributed by atoms with Crippen LogP contribution in [0.1, 0.15) is 22.1 Å². The highest BCUT2D eigenvalue weighted by molar-refractivity contribution is 6.12. The second-order valence-electron chi connectivity index (χ2n) is 6.40. The number of nitrogens with one attached hydrogen (secondary N) is 1. The van der Waals surface area contributed by atoms with Gasteiger partial charge in [0.05, 0.1) is 5.56 Å². The number of para-hydroxylation sites is 1. The second kappa shape index (κ2) is 5.95. The Morgan fingerprint density at radius 3 is 2.59 bits per heavy atom. The summed E-state index contributed by atoms with van der Waals surface area (Å²) < 4.78 is 10.9. The van der Waals surface area contributed by atoms with Crippen LogP contribution < -0.4 is 19.7 Å². The van der Waals surface area contributed by atoms with Gasteiger partial charge >= 0.3 is 0 Å². The zero-order chi connectivity index (χ0) is 18.4. The largest absolute Gasteiger partial charge is 0.508 e. The quantitative estimate of drug-likeness (QED) is 0.725. The molecule has 2 aliphatic heterocycles. The first-order valence-corrected chi connectivity index (χ1v) is 8.58. The van der Waals surface area contributed by atoms with Crippen LogP contribution in [-0.2, 0) is 0 Å². The molecule has 0 bridgehead atoms. The SMILES string of the molecule is O=C1c2ccccc2NC(c2ccc3c(c2)OCO3)N1c1ccc(O)cc1. The number of fused-ring (bicyclic) bond motifs is 2. The maximum atomic E-state index is 13.3. The zero-order valence-corrected chi connectivity index (χ0v) is 14.3. The number of nitrogens with zero attached hydrogens (tertiary/aromatic N) is 1. The molecule has 0 radical (unpaired) electrons. The van der Waals surface area contributed by atoms with E-state index >= 15 is 0 Å². The van der Waals surface area contributed by atoms with Gasteiger partial charge in [-0.3, -0.25) is 9.69 Å². The van der Waals surface area contributed by atoms with Gasteiger partial charge in [0, 0.05) is 11.4 Å². The van der Waals surface area contributed by atoms with E-state index in [0.29, 0.717) is 22.7 Å². The lowest BCUT2D eigenvalue weighted by Crippen LogP contribution is -2.43. The summed E-state index contributed by atoms with van der Waals surface area (Å²) in [5.41, 5.74) is 2.93. The average molecular weight is 360 g/mol. The predicted octanol–water partition coefficient (Wildman–Crippen LogP) is 3.89. The Balaban J connectivity index is 1.64. The van der Waals surface area contributed by atoms with E-state index in [1.165, 1.54) is 0 Å². The minimum absolute atomic E-state index is 0.113. The number of phenolic OH excluding ortho intramolecular Hbond substituents is 1. The fourth-order valence-corrected chi connectivity index (χ4v) is 3.45. The van der Waals surface area contributed by atoms with Crippen molar-refractivity contribution in [3.8, 4) is 17.2 Å². The lowest BCUT2D eigenvalue weighted by Gasteiger charge is -2.38. The number of amides is 1. The number of rotatable bonds is 2. The van der Waals surface area contributed by atoms with Gasteiger partial charge in [-0.1, -0.05) is 18.2 Å². The van der Waals surface area contributed by atoms with Crippen molar-refractivity contribution in [1.29, 1.82) is 0 Å². The monoisotopic (exact) mass is 360 g/mol. The standard InChI is InChI=1S/C21H16N2O4/c24-15-8-6-14(7-9-15)23-20(13-5-10-18-19(11-13)27-12-26-18)22-17-4-2-1-3-16(17)21(23)25/h1-11,20,22,24H,12H2. The molecule has 3 aromatic carbocycles. The van der Waals surface area contributed by atoms with Crippen molar-refractivity contribution in [3.63, 3.8) is 0 Å². The van der Waals surface area contributed by atoms with E-state index in [1.54, 1.807) is 35.2 Å². The maximum absolute atomic E-state index is 13.3. The van der Waals surface area contributed by atoms with Crippen LogP contribution in [0, 0.1) is 0 Å². The molecule has 2 heterocycles. The molecule has 0 saturated heterocycles. The van der Waals surface area contributed by atoms with Gasteiger partial charge < -0.3 is 19.9 Å². The third-order valence-electron chi connectivity index (χ3n) is 4.77. The van der Waals surface area contributed by atoms with E-state index in [1.807, 2.05) is 36.4 Å². The number of phenols is 1. The molecular formula is C21H16N2O4. The molecule has 6 nitrogen and oxygen atoms in total. The Morgan fingerprint density at radius 1 is 0.963 bits per heavy atom. The van der Waals surface area contributed by atoms with Gasteiger partial charge in [-0.25, -0.2) is 0 Å². The molecule has 2 N–H and O–H groups in total. The highest BCUT2D eigenvalue weighted by Crippen LogP contribution is 2.40. The maximum Gasteiger partial charge on any atom is 0.262 e.